The molecule has 0 aliphatic heterocycles. The maximum Gasteiger partial charge on any atom is 0.125 e. The average Bonchev–Trinajstić information content (AvgIpc) is 3.09. The van der Waals surface area contributed by atoms with Gasteiger partial charge in [-0.2, -0.15) is 0 Å². The van der Waals surface area contributed by atoms with Crippen molar-refractivity contribution < 1.29 is 4.39 Å². The number of fused-ring (bicyclic) bond motifs is 1. The lowest BCUT2D eigenvalue weighted by molar-refractivity contribution is 0.627. The van der Waals surface area contributed by atoms with Crippen LogP contribution in [0.2, 0.25) is 0 Å². The molecule has 17 heavy (non-hydrogen) atoms. The lowest BCUT2D eigenvalue weighted by atomic mass is 10.2. The topological polar surface area (TPSA) is 17.0 Å². The quantitative estimate of drug-likeness (QED) is 0.919. The highest BCUT2D eigenvalue weighted by atomic mass is 79.9. The second kappa shape index (κ2) is 4.10. The van der Waals surface area contributed by atoms with Crippen LogP contribution in [0.3, 0.4) is 0 Å². The third-order valence-electron chi connectivity index (χ3n) is 3.35. The molecule has 0 saturated heterocycles. The molecule has 0 atom stereocenters. The van der Waals surface area contributed by atoms with Crippen molar-refractivity contribution in [3.8, 4) is 0 Å². The fourth-order valence-corrected chi connectivity index (χ4v) is 2.88. The van der Waals surface area contributed by atoms with Crippen LogP contribution in [-0.2, 0) is 13.6 Å². The number of halogens is 2. The molecule has 0 spiro atoms. The Hall–Kier alpha value is -0.870. The van der Waals surface area contributed by atoms with E-state index in [0.29, 0.717) is 6.04 Å². The zero-order valence-corrected chi connectivity index (χ0v) is 11.2. The SMILES string of the molecule is Cn1c(CNC2CC2)c(Br)c2ccc(F)cc21. The Morgan fingerprint density at radius 2 is 2.24 bits per heavy atom. The molecule has 90 valence electrons. The van der Waals surface area contributed by atoms with E-state index >= 15 is 0 Å². The van der Waals surface area contributed by atoms with Gasteiger partial charge in [0.15, 0.2) is 0 Å². The van der Waals surface area contributed by atoms with Crippen LogP contribution >= 0.6 is 15.9 Å². The number of aromatic nitrogens is 1. The van der Waals surface area contributed by atoms with Crippen molar-refractivity contribution in [3.63, 3.8) is 0 Å². The molecule has 3 rings (SSSR count). The molecule has 1 N–H and O–H groups in total. The normalized spacial score (nSPS) is 15.7. The Labute approximate surface area is 108 Å². The van der Waals surface area contributed by atoms with Crippen LogP contribution in [0.5, 0.6) is 0 Å². The molecule has 1 heterocycles. The standard InChI is InChI=1S/C13H14BrFN2/c1-17-11-6-8(15)2-5-10(11)13(14)12(17)7-16-9-3-4-9/h2,5-6,9,16H,3-4,7H2,1H3. The monoisotopic (exact) mass is 296 g/mol. The van der Waals surface area contributed by atoms with Gasteiger partial charge in [-0.05, 0) is 47.0 Å². The van der Waals surface area contributed by atoms with Gasteiger partial charge in [0.1, 0.15) is 5.82 Å². The molecule has 1 aliphatic rings. The Morgan fingerprint density at radius 1 is 1.47 bits per heavy atom. The van der Waals surface area contributed by atoms with Crippen LogP contribution in [0.1, 0.15) is 18.5 Å². The van der Waals surface area contributed by atoms with Crippen molar-refractivity contribution in [2.75, 3.05) is 0 Å². The second-order valence-electron chi connectivity index (χ2n) is 4.64. The largest absolute Gasteiger partial charge is 0.345 e. The van der Waals surface area contributed by atoms with Crippen LogP contribution in [0.4, 0.5) is 4.39 Å². The van der Waals surface area contributed by atoms with Crippen molar-refractivity contribution in [1.29, 1.82) is 0 Å². The van der Waals surface area contributed by atoms with Gasteiger partial charge in [0.25, 0.3) is 0 Å². The van der Waals surface area contributed by atoms with E-state index in [4.69, 9.17) is 0 Å². The first-order chi connectivity index (χ1) is 8.16. The maximum atomic E-state index is 13.2. The number of benzene rings is 1. The Balaban J connectivity index is 2.03. The zero-order valence-electron chi connectivity index (χ0n) is 9.63. The van der Waals surface area contributed by atoms with E-state index in [1.54, 1.807) is 6.07 Å². The van der Waals surface area contributed by atoms with E-state index in [1.165, 1.54) is 24.6 Å². The average molecular weight is 297 g/mol. The highest BCUT2D eigenvalue weighted by Gasteiger charge is 2.22. The number of nitrogens with one attached hydrogen (secondary N) is 1. The van der Waals surface area contributed by atoms with Crippen molar-refractivity contribution in [2.24, 2.45) is 7.05 Å². The summed E-state index contributed by atoms with van der Waals surface area (Å²) in [5, 5.41) is 4.56. The fourth-order valence-electron chi connectivity index (χ4n) is 2.14. The van der Waals surface area contributed by atoms with Gasteiger partial charge >= 0.3 is 0 Å². The van der Waals surface area contributed by atoms with Crippen LogP contribution < -0.4 is 5.32 Å². The summed E-state index contributed by atoms with van der Waals surface area (Å²) in [7, 11) is 1.98. The van der Waals surface area contributed by atoms with Gasteiger partial charge in [-0.25, -0.2) is 4.39 Å². The van der Waals surface area contributed by atoms with Gasteiger partial charge in [0.05, 0.1) is 5.52 Å². The van der Waals surface area contributed by atoms with Gasteiger partial charge < -0.3 is 9.88 Å². The van der Waals surface area contributed by atoms with Gasteiger partial charge in [-0.15, -0.1) is 0 Å². The van der Waals surface area contributed by atoms with Crippen molar-refractivity contribution in [2.45, 2.75) is 25.4 Å². The molecular weight excluding hydrogens is 283 g/mol. The summed E-state index contributed by atoms with van der Waals surface area (Å²) in [6.45, 7) is 0.831. The minimum atomic E-state index is -0.188. The van der Waals surface area contributed by atoms with Crippen LogP contribution in [0, 0.1) is 5.82 Å². The molecule has 1 aliphatic carbocycles. The van der Waals surface area contributed by atoms with Crippen LogP contribution in [0.25, 0.3) is 10.9 Å². The highest BCUT2D eigenvalue weighted by molar-refractivity contribution is 9.10. The zero-order chi connectivity index (χ0) is 12.0. The third kappa shape index (κ3) is 2.00. The van der Waals surface area contributed by atoms with Crippen molar-refractivity contribution in [1.82, 2.24) is 9.88 Å². The predicted molar refractivity (Wildman–Crippen MR) is 70.4 cm³/mol. The Bertz CT molecular complexity index is 572. The van der Waals surface area contributed by atoms with Gasteiger partial charge in [0.2, 0.25) is 0 Å². The van der Waals surface area contributed by atoms with Gasteiger partial charge in [-0.1, -0.05) is 0 Å². The number of hydrogen-bond acceptors (Lipinski definition) is 1. The summed E-state index contributed by atoms with van der Waals surface area (Å²) in [4.78, 5) is 0. The Morgan fingerprint density at radius 3 is 2.94 bits per heavy atom. The predicted octanol–water partition coefficient (Wildman–Crippen LogP) is 3.33. The summed E-state index contributed by atoms with van der Waals surface area (Å²) in [5.74, 6) is -0.188. The molecule has 0 radical (unpaired) electrons. The summed E-state index contributed by atoms with van der Waals surface area (Å²) in [6.07, 6.45) is 2.55. The first-order valence-electron chi connectivity index (χ1n) is 5.82. The minimum Gasteiger partial charge on any atom is -0.345 e. The van der Waals surface area contributed by atoms with E-state index in [0.717, 1.165) is 21.9 Å². The minimum absolute atomic E-state index is 0.188. The summed E-state index contributed by atoms with van der Waals surface area (Å²) < 4.78 is 16.4. The first kappa shape index (κ1) is 11.2. The summed E-state index contributed by atoms with van der Waals surface area (Å²) in [5.41, 5.74) is 2.11. The fraction of sp³-hybridized carbons (Fsp3) is 0.385. The van der Waals surface area contributed by atoms with Gasteiger partial charge in [0, 0.05) is 35.2 Å². The second-order valence-corrected chi connectivity index (χ2v) is 5.43. The molecule has 1 saturated carbocycles. The number of rotatable bonds is 3. The molecule has 1 fully saturated rings. The smallest absolute Gasteiger partial charge is 0.125 e. The highest BCUT2D eigenvalue weighted by Crippen LogP contribution is 2.31. The number of aryl methyl sites for hydroxylation is 1. The lowest BCUT2D eigenvalue weighted by Crippen LogP contribution is -2.17. The molecule has 2 aromatic rings. The van der Waals surface area contributed by atoms with E-state index in [9.17, 15) is 4.39 Å². The maximum absolute atomic E-state index is 13.2. The lowest BCUT2D eigenvalue weighted by Gasteiger charge is -2.06. The molecule has 1 aromatic heterocycles. The Kier molecular flexibility index (Phi) is 2.71. The number of nitrogens with zero attached hydrogens (tertiary/aromatic N) is 1. The molecule has 2 nitrogen and oxygen atoms in total. The van der Waals surface area contributed by atoms with Crippen molar-refractivity contribution in [3.05, 3.63) is 34.2 Å². The van der Waals surface area contributed by atoms with E-state index in [2.05, 4.69) is 25.8 Å². The van der Waals surface area contributed by atoms with Crippen molar-refractivity contribution >= 4 is 26.8 Å². The first-order valence-corrected chi connectivity index (χ1v) is 6.62. The van der Waals surface area contributed by atoms with E-state index in [-0.39, 0.29) is 5.82 Å². The van der Waals surface area contributed by atoms with E-state index in [1.807, 2.05) is 13.1 Å². The van der Waals surface area contributed by atoms with Crippen LogP contribution in [-0.4, -0.2) is 10.6 Å². The van der Waals surface area contributed by atoms with Crippen LogP contribution in [0.15, 0.2) is 22.7 Å². The number of hydrogen-bond donors (Lipinski definition) is 1. The molecule has 0 bridgehead atoms. The molecule has 4 heteroatoms. The molecule has 1 aromatic carbocycles. The van der Waals surface area contributed by atoms with Gasteiger partial charge in [-0.3, -0.25) is 0 Å². The summed E-state index contributed by atoms with van der Waals surface area (Å²) in [6, 6.07) is 5.60. The molecule has 0 amide bonds. The third-order valence-corrected chi connectivity index (χ3v) is 4.24. The molecule has 0 unspecified atom stereocenters. The summed E-state index contributed by atoms with van der Waals surface area (Å²) >= 11 is 3.61. The molecular formula is C13H14BrFN2. The van der Waals surface area contributed by atoms with E-state index < -0.39 is 0 Å².